The fraction of sp³-hybridized carbons (Fsp3) is 0.316. The molecule has 0 aromatic heterocycles. The number of rotatable bonds is 4. The first-order valence-electron chi connectivity index (χ1n) is 7.84. The second kappa shape index (κ2) is 6.73. The summed E-state index contributed by atoms with van der Waals surface area (Å²) in [5, 5.41) is 3.13. The smallest absolute Gasteiger partial charge is 0.220 e. The summed E-state index contributed by atoms with van der Waals surface area (Å²) in [4.78, 5) is 12.2. The molecule has 2 aromatic rings. The fourth-order valence-electron chi connectivity index (χ4n) is 3.12. The van der Waals surface area contributed by atoms with Crippen LogP contribution < -0.4 is 5.32 Å². The first-order valence-corrected chi connectivity index (χ1v) is 7.84. The monoisotopic (exact) mass is 297 g/mol. The van der Waals surface area contributed by atoms with Gasteiger partial charge >= 0.3 is 0 Å². The van der Waals surface area contributed by atoms with Crippen molar-refractivity contribution in [3.8, 4) is 0 Å². The molecule has 1 aliphatic rings. The van der Waals surface area contributed by atoms with Crippen molar-refractivity contribution in [2.24, 2.45) is 0 Å². The lowest BCUT2D eigenvalue weighted by Crippen LogP contribution is -2.31. The molecule has 2 nitrogen and oxygen atoms in total. The van der Waals surface area contributed by atoms with Crippen LogP contribution in [0.4, 0.5) is 4.39 Å². The van der Waals surface area contributed by atoms with Crippen molar-refractivity contribution in [2.75, 3.05) is 0 Å². The number of amides is 1. The van der Waals surface area contributed by atoms with Crippen LogP contribution in [0.3, 0.4) is 0 Å². The van der Waals surface area contributed by atoms with Gasteiger partial charge in [-0.2, -0.15) is 0 Å². The Morgan fingerprint density at radius 1 is 1.18 bits per heavy atom. The molecule has 1 amide bonds. The van der Waals surface area contributed by atoms with E-state index in [0.717, 1.165) is 24.8 Å². The Labute approximate surface area is 130 Å². The van der Waals surface area contributed by atoms with Gasteiger partial charge in [-0.25, -0.2) is 4.39 Å². The molecular weight excluding hydrogens is 277 g/mol. The van der Waals surface area contributed by atoms with Gasteiger partial charge in [-0.3, -0.25) is 4.79 Å². The summed E-state index contributed by atoms with van der Waals surface area (Å²) in [6, 6.07) is 14.9. The third-order valence-corrected chi connectivity index (χ3v) is 4.23. The third-order valence-electron chi connectivity index (χ3n) is 4.23. The maximum atomic E-state index is 13.1. The van der Waals surface area contributed by atoms with E-state index in [2.05, 4.69) is 17.4 Å². The van der Waals surface area contributed by atoms with Gasteiger partial charge in [-0.05, 0) is 54.5 Å². The average molecular weight is 297 g/mol. The largest absolute Gasteiger partial charge is 0.349 e. The van der Waals surface area contributed by atoms with Crippen LogP contribution in [-0.4, -0.2) is 5.91 Å². The minimum absolute atomic E-state index is 0.0333. The lowest BCUT2D eigenvalue weighted by Gasteiger charge is -2.26. The zero-order valence-electron chi connectivity index (χ0n) is 12.5. The highest BCUT2D eigenvalue weighted by atomic mass is 19.1. The topological polar surface area (TPSA) is 29.1 Å². The van der Waals surface area contributed by atoms with E-state index in [1.54, 1.807) is 6.07 Å². The van der Waals surface area contributed by atoms with Gasteiger partial charge in [-0.15, -0.1) is 0 Å². The minimum Gasteiger partial charge on any atom is -0.349 e. The highest BCUT2D eigenvalue weighted by Gasteiger charge is 2.21. The molecule has 1 atom stereocenters. The van der Waals surface area contributed by atoms with Gasteiger partial charge in [0.25, 0.3) is 0 Å². The third kappa shape index (κ3) is 3.53. The zero-order valence-corrected chi connectivity index (χ0v) is 12.5. The maximum absolute atomic E-state index is 13.1. The van der Waals surface area contributed by atoms with Gasteiger partial charge in [-0.1, -0.05) is 36.4 Å². The molecule has 1 N–H and O–H groups in total. The molecule has 1 aliphatic carbocycles. The molecule has 0 saturated heterocycles. The van der Waals surface area contributed by atoms with Gasteiger partial charge in [0.05, 0.1) is 6.04 Å². The van der Waals surface area contributed by atoms with Gasteiger partial charge < -0.3 is 5.32 Å². The van der Waals surface area contributed by atoms with E-state index < -0.39 is 0 Å². The standard InChI is InChI=1S/C19H20FNO/c20-16-8-3-5-14(13-16)11-12-19(22)21-18-10-4-7-15-6-1-2-9-17(15)18/h1-3,5-6,8-9,13,18H,4,7,10-12H2,(H,21,22). The number of benzene rings is 2. The van der Waals surface area contributed by atoms with Crippen LogP contribution in [0, 0.1) is 5.82 Å². The summed E-state index contributed by atoms with van der Waals surface area (Å²) < 4.78 is 13.1. The molecule has 0 radical (unpaired) electrons. The maximum Gasteiger partial charge on any atom is 0.220 e. The summed E-state index contributed by atoms with van der Waals surface area (Å²) in [6.45, 7) is 0. The van der Waals surface area contributed by atoms with Crippen molar-refractivity contribution in [1.82, 2.24) is 5.32 Å². The Balaban J connectivity index is 1.59. The molecule has 0 aliphatic heterocycles. The molecule has 2 aromatic carbocycles. The van der Waals surface area contributed by atoms with Gasteiger partial charge in [0.15, 0.2) is 0 Å². The van der Waals surface area contributed by atoms with Crippen molar-refractivity contribution < 1.29 is 9.18 Å². The van der Waals surface area contributed by atoms with Crippen molar-refractivity contribution in [3.05, 3.63) is 71.0 Å². The number of halogens is 1. The van der Waals surface area contributed by atoms with Gasteiger partial charge in [0.1, 0.15) is 5.82 Å². The molecule has 3 heteroatoms. The van der Waals surface area contributed by atoms with Crippen LogP contribution in [0.1, 0.15) is 42.0 Å². The summed E-state index contributed by atoms with van der Waals surface area (Å²) >= 11 is 0. The van der Waals surface area contributed by atoms with Gasteiger partial charge in [0.2, 0.25) is 5.91 Å². The van der Waals surface area contributed by atoms with E-state index in [4.69, 9.17) is 0 Å². The van der Waals surface area contributed by atoms with Crippen molar-refractivity contribution in [2.45, 2.75) is 38.1 Å². The predicted octanol–water partition coefficient (Wildman–Crippen LogP) is 3.95. The quantitative estimate of drug-likeness (QED) is 0.909. The Morgan fingerprint density at radius 3 is 2.91 bits per heavy atom. The van der Waals surface area contributed by atoms with Crippen molar-refractivity contribution in [3.63, 3.8) is 0 Å². The Hall–Kier alpha value is -2.16. The average Bonchev–Trinajstić information content (AvgIpc) is 2.53. The van der Waals surface area contributed by atoms with Crippen LogP contribution in [0.25, 0.3) is 0 Å². The lowest BCUT2D eigenvalue weighted by atomic mass is 9.87. The highest BCUT2D eigenvalue weighted by Crippen LogP contribution is 2.29. The number of aryl methyl sites for hydroxylation is 2. The molecule has 0 saturated carbocycles. The molecular formula is C19H20FNO. The first-order chi connectivity index (χ1) is 10.7. The van der Waals surface area contributed by atoms with Crippen LogP contribution in [0.5, 0.6) is 0 Å². The summed E-state index contributed by atoms with van der Waals surface area (Å²) in [5.74, 6) is -0.218. The normalized spacial score (nSPS) is 16.9. The molecule has 0 heterocycles. The molecule has 3 rings (SSSR count). The van der Waals surface area contributed by atoms with Crippen molar-refractivity contribution in [1.29, 1.82) is 0 Å². The van der Waals surface area contributed by atoms with E-state index in [9.17, 15) is 9.18 Å². The first kappa shape index (κ1) is 14.8. The van der Waals surface area contributed by atoms with E-state index in [1.165, 1.54) is 23.3 Å². The molecule has 1 unspecified atom stereocenters. The Bertz CT molecular complexity index is 668. The Morgan fingerprint density at radius 2 is 2.05 bits per heavy atom. The number of nitrogens with one attached hydrogen (secondary N) is 1. The minimum atomic E-state index is -0.251. The Kier molecular flexibility index (Phi) is 4.52. The second-order valence-electron chi connectivity index (χ2n) is 5.84. The predicted molar refractivity (Wildman–Crippen MR) is 85.0 cm³/mol. The molecule has 0 fully saturated rings. The second-order valence-corrected chi connectivity index (χ2v) is 5.84. The van der Waals surface area contributed by atoms with Crippen LogP contribution >= 0.6 is 0 Å². The summed E-state index contributed by atoms with van der Waals surface area (Å²) in [5.41, 5.74) is 3.44. The van der Waals surface area contributed by atoms with E-state index >= 15 is 0 Å². The van der Waals surface area contributed by atoms with Crippen LogP contribution in [0.2, 0.25) is 0 Å². The van der Waals surface area contributed by atoms with Gasteiger partial charge in [0, 0.05) is 6.42 Å². The number of carbonyl (C=O) groups is 1. The number of hydrogen-bond acceptors (Lipinski definition) is 1. The summed E-state index contributed by atoms with van der Waals surface area (Å²) in [7, 11) is 0. The van der Waals surface area contributed by atoms with E-state index in [-0.39, 0.29) is 17.8 Å². The number of hydrogen-bond donors (Lipinski definition) is 1. The zero-order chi connectivity index (χ0) is 15.4. The lowest BCUT2D eigenvalue weighted by molar-refractivity contribution is -0.121. The highest BCUT2D eigenvalue weighted by molar-refractivity contribution is 5.76. The molecule has 0 spiro atoms. The molecule has 0 bridgehead atoms. The summed E-state index contributed by atoms with van der Waals surface area (Å²) in [6.07, 6.45) is 4.14. The van der Waals surface area contributed by atoms with Crippen LogP contribution in [0.15, 0.2) is 48.5 Å². The fourth-order valence-corrected chi connectivity index (χ4v) is 3.12. The molecule has 22 heavy (non-hydrogen) atoms. The van der Waals surface area contributed by atoms with Crippen LogP contribution in [-0.2, 0) is 17.6 Å². The number of carbonyl (C=O) groups excluding carboxylic acids is 1. The molecule has 114 valence electrons. The SMILES string of the molecule is O=C(CCc1cccc(F)c1)NC1CCCc2ccccc21. The van der Waals surface area contributed by atoms with Crippen molar-refractivity contribution >= 4 is 5.91 Å². The van der Waals surface area contributed by atoms with E-state index in [0.29, 0.717) is 12.8 Å². The number of fused-ring (bicyclic) bond motifs is 1. The van der Waals surface area contributed by atoms with E-state index in [1.807, 2.05) is 18.2 Å².